The number of carbonyl (C=O) groups excluding carboxylic acids is 1. The van der Waals surface area contributed by atoms with Gasteiger partial charge >= 0.3 is 0 Å². The van der Waals surface area contributed by atoms with Gasteiger partial charge in [-0.2, -0.15) is 0 Å². The van der Waals surface area contributed by atoms with Crippen molar-refractivity contribution in [3.8, 4) is 11.5 Å². The highest BCUT2D eigenvalue weighted by atomic mass is 16.5. The molecule has 1 aromatic heterocycles. The van der Waals surface area contributed by atoms with Crippen molar-refractivity contribution in [2.45, 2.75) is 45.3 Å². The first-order valence-electron chi connectivity index (χ1n) is 8.46. The second kappa shape index (κ2) is 7.51. The van der Waals surface area contributed by atoms with Crippen LogP contribution >= 0.6 is 0 Å². The number of hydrogen-bond acceptors (Lipinski definition) is 5. The normalized spacial score (nSPS) is 14.7. The maximum absolute atomic E-state index is 12.3. The van der Waals surface area contributed by atoms with Gasteiger partial charge in [0.15, 0.2) is 17.6 Å². The van der Waals surface area contributed by atoms with Crippen LogP contribution in [0.15, 0.2) is 30.6 Å². The smallest absolute Gasteiger partial charge is 0.261 e. The highest BCUT2D eigenvalue weighted by Crippen LogP contribution is 2.38. The van der Waals surface area contributed by atoms with E-state index in [9.17, 15) is 4.79 Å². The summed E-state index contributed by atoms with van der Waals surface area (Å²) in [7, 11) is 1.58. The summed E-state index contributed by atoms with van der Waals surface area (Å²) in [5.41, 5.74) is 2.94. The Kier molecular flexibility index (Phi) is 5.16. The molecule has 1 aromatic carbocycles. The number of methoxy groups -OCH3 is 1. The van der Waals surface area contributed by atoms with E-state index in [0.29, 0.717) is 24.0 Å². The number of carbonyl (C=O) groups is 1. The topological polar surface area (TPSA) is 73.3 Å². The van der Waals surface area contributed by atoms with Crippen LogP contribution in [0.25, 0.3) is 0 Å². The van der Waals surface area contributed by atoms with Crippen LogP contribution in [-0.2, 0) is 11.3 Å². The van der Waals surface area contributed by atoms with E-state index in [0.717, 1.165) is 17.0 Å². The van der Waals surface area contributed by atoms with Crippen molar-refractivity contribution in [2.75, 3.05) is 7.11 Å². The Balaban J connectivity index is 1.56. The molecule has 2 aromatic rings. The lowest BCUT2D eigenvalue weighted by atomic mass is 10.2. The van der Waals surface area contributed by atoms with Crippen LogP contribution in [0.5, 0.6) is 11.5 Å². The van der Waals surface area contributed by atoms with Crippen LogP contribution in [0, 0.1) is 6.92 Å². The van der Waals surface area contributed by atoms with Crippen LogP contribution in [0.2, 0.25) is 0 Å². The van der Waals surface area contributed by atoms with Crippen molar-refractivity contribution >= 4 is 5.91 Å². The Hall–Kier alpha value is -2.63. The number of aromatic nitrogens is 2. The van der Waals surface area contributed by atoms with Crippen molar-refractivity contribution < 1.29 is 14.3 Å². The number of aryl methyl sites for hydroxylation is 1. The van der Waals surface area contributed by atoms with Gasteiger partial charge in [0, 0.05) is 11.6 Å². The van der Waals surface area contributed by atoms with E-state index in [-0.39, 0.29) is 5.91 Å². The average Bonchev–Trinajstić information content (AvgIpc) is 3.46. The molecule has 132 valence electrons. The lowest BCUT2D eigenvalue weighted by molar-refractivity contribution is -0.127. The predicted octanol–water partition coefficient (Wildman–Crippen LogP) is 2.75. The molecule has 1 aliphatic rings. The van der Waals surface area contributed by atoms with E-state index in [4.69, 9.17) is 9.47 Å². The molecule has 1 atom stereocenters. The summed E-state index contributed by atoms with van der Waals surface area (Å²) in [5, 5.41) is 2.86. The third-order valence-electron chi connectivity index (χ3n) is 4.18. The van der Waals surface area contributed by atoms with E-state index in [1.165, 1.54) is 12.8 Å². The molecule has 25 heavy (non-hydrogen) atoms. The highest BCUT2D eigenvalue weighted by Gasteiger charge is 2.25. The second-order valence-electron chi connectivity index (χ2n) is 6.34. The summed E-state index contributed by atoms with van der Waals surface area (Å²) in [6.07, 6.45) is 3.30. The summed E-state index contributed by atoms with van der Waals surface area (Å²) < 4.78 is 11.0. The molecule has 1 fully saturated rings. The molecule has 6 heteroatoms. The lowest BCUT2D eigenvalue weighted by Gasteiger charge is -2.17. The van der Waals surface area contributed by atoms with E-state index in [2.05, 4.69) is 15.3 Å². The van der Waals surface area contributed by atoms with E-state index < -0.39 is 6.10 Å². The number of benzene rings is 1. The van der Waals surface area contributed by atoms with Gasteiger partial charge in [0.1, 0.15) is 6.33 Å². The van der Waals surface area contributed by atoms with Crippen LogP contribution in [0.1, 0.15) is 42.6 Å². The Labute approximate surface area is 147 Å². The van der Waals surface area contributed by atoms with Gasteiger partial charge in [-0.1, -0.05) is 6.07 Å². The molecule has 1 heterocycles. The predicted molar refractivity (Wildman–Crippen MR) is 93.7 cm³/mol. The monoisotopic (exact) mass is 341 g/mol. The van der Waals surface area contributed by atoms with Gasteiger partial charge in [0.05, 0.1) is 19.3 Å². The first-order valence-corrected chi connectivity index (χ1v) is 8.46. The zero-order valence-corrected chi connectivity index (χ0v) is 14.8. The van der Waals surface area contributed by atoms with Gasteiger partial charge < -0.3 is 14.8 Å². The fourth-order valence-corrected chi connectivity index (χ4v) is 2.55. The molecule has 0 spiro atoms. The lowest BCUT2D eigenvalue weighted by Crippen LogP contribution is -2.36. The Morgan fingerprint density at radius 2 is 2.08 bits per heavy atom. The first kappa shape index (κ1) is 17.2. The maximum atomic E-state index is 12.3. The standard InChI is InChI=1S/C19H23N3O3/c1-12-4-7-17(18(8-12)24-3)25-13(2)19(23)20-10-15-9-16(14-5-6-14)22-11-21-15/h4,7-9,11,13-14H,5-6,10H2,1-3H3,(H,20,23). The Bertz CT molecular complexity index is 759. The third-order valence-corrected chi connectivity index (χ3v) is 4.18. The summed E-state index contributed by atoms with van der Waals surface area (Å²) >= 11 is 0. The summed E-state index contributed by atoms with van der Waals surface area (Å²) in [6.45, 7) is 4.05. The molecule has 0 aliphatic heterocycles. The fraction of sp³-hybridized carbons (Fsp3) is 0.421. The summed E-state index contributed by atoms with van der Waals surface area (Å²) in [4.78, 5) is 20.8. The van der Waals surface area contributed by atoms with Gasteiger partial charge in [-0.15, -0.1) is 0 Å². The molecule has 6 nitrogen and oxygen atoms in total. The molecule has 1 amide bonds. The largest absolute Gasteiger partial charge is 0.493 e. The SMILES string of the molecule is COc1cc(C)ccc1OC(C)C(=O)NCc1cc(C2CC2)ncn1. The Morgan fingerprint density at radius 3 is 2.80 bits per heavy atom. The van der Waals surface area contributed by atoms with E-state index in [1.54, 1.807) is 20.4 Å². The highest BCUT2D eigenvalue weighted by molar-refractivity contribution is 5.80. The van der Waals surface area contributed by atoms with Crippen LogP contribution in [-0.4, -0.2) is 29.1 Å². The fourth-order valence-electron chi connectivity index (χ4n) is 2.55. The molecule has 3 rings (SSSR count). The van der Waals surface area contributed by atoms with Crippen LogP contribution in [0.4, 0.5) is 0 Å². The average molecular weight is 341 g/mol. The van der Waals surface area contributed by atoms with E-state index >= 15 is 0 Å². The van der Waals surface area contributed by atoms with Gasteiger partial charge in [-0.25, -0.2) is 9.97 Å². The Morgan fingerprint density at radius 1 is 1.28 bits per heavy atom. The van der Waals surface area contributed by atoms with E-state index in [1.807, 2.05) is 31.2 Å². The zero-order chi connectivity index (χ0) is 17.8. The third kappa shape index (κ3) is 4.47. The molecule has 1 saturated carbocycles. The summed E-state index contributed by atoms with van der Waals surface area (Å²) in [5.74, 6) is 1.53. The van der Waals surface area contributed by atoms with Crippen LogP contribution < -0.4 is 14.8 Å². The summed E-state index contributed by atoms with van der Waals surface area (Å²) in [6, 6.07) is 7.57. The van der Waals surface area contributed by atoms with Crippen molar-refractivity contribution in [3.05, 3.63) is 47.5 Å². The molecule has 1 aliphatic carbocycles. The van der Waals surface area contributed by atoms with Crippen molar-refractivity contribution in [2.24, 2.45) is 0 Å². The molecule has 0 saturated heterocycles. The molecule has 1 N–H and O–H groups in total. The minimum absolute atomic E-state index is 0.200. The van der Waals surface area contributed by atoms with Gasteiger partial charge in [-0.05, 0) is 50.5 Å². The molecular formula is C19H23N3O3. The quantitative estimate of drug-likeness (QED) is 0.838. The second-order valence-corrected chi connectivity index (χ2v) is 6.34. The van der Waals surface area contributed by atoms with Gasteiger partial charge in [0.25, 0.3) is 5.91 Å². The number of rotatable bonds is 7. The number of nitrogens with one attached hydrogen (secondary N) is 1. The van der Waals surface area contributed by atoms with Gasteiger partial charge in [0.2, 0.25) is 0 Å². The van der Waals surface area contributed by atoms with Gasteiger partial charge in [-0.3, -0.25) is 4.79 Å². The minimum Gasteiger partial charge on any atom is -0.493 e. The number of amides is 1. The molecule has 0 radical (unpaired) electrons. The molecule has 1 unspecified atom stereocenters. The number of ether oxygens (including phenoxy) is 2. The van der Waals surface area contributed by atoms with Crippen molar-refractivity contribution in [3.63, 3.8) is 0 Å². The maximum Gasteiger partial charge on any atom is 0.261 e. The number of hydrogen-bond donors (Lipinski definition) is 1. The van der Waals surface area contributed by atoms with Crippen molar-refractivity contribution in [1.82, 2.24) is 15.3 Å². The minimum atomic E-state index is -0.638. The van der Waals surface area contributed by atoms with Crippen molar-refractivity contribution in [1.29, 1.82) is 0 Å². The first-order chi connectivity index (χ1) is 12.1. The van der Waals surface area contributed by atoms with Crippen LogP contribution in [0.3, 0.4) is 0 Å². The zero-order valence-electron chi connectivity index (χ0n) is 14.8. The molecular weight excluding hydrogens is 318 g/mol. The molecule has 0 bridgehead atoms. The number of nitrogens with zero attached hydrogens (tertiary/aromatic N) is 2.